The molecule has 2 aromatic carbocycles. The minimum atomic E-state index is -4.63. The number of hydrogen-bond acceptors (Lipinski definition) is 7. The van der Waals surface area contributed by atoms with Crippen LogP contribution in [0.15, 0.2) is 48.5 Å². The van der Waals surface area contributed by atoms with Crippen molar-refractivity contribution in [3.8, 4) is 0 Å². The molecular weight excluding hydrogens is 477 g/mol. The summed E-state index contributed by atoms with van der Waals surface area (Å²) >= 11 is 0. The van der Waals surface area contributed by atoms with Crippen LogP contribution in [0, 0.1) is 10.1 Å². The van der Waals surface area contributed by atoms with Crippen molar-refractivity contribution in [1.82, 2.24) is 5.32 Å². The molecule has 0 saturated heterocycles. The first-order chi connectivity index (χ1) is 16.3. The van der Waals surface area contributed by atoms with Gasteiger partial charge in [-0.3, -0.25) is 19.7 Å². The van der Waals surface area contributed by atoms with Gasteiger partial charge < -0.3 is 20.3 Å². The fourth-order valence-corrected chi connectivity index (χ4v) is 3.24. The van der Waals surface area contributed by atoms with Gasteiger partial charge in [-0.1, -0.05) is 24.3 Å². The molecule has 3 atom stereocenters. The number of ether oxygens (including phenoxy) is 1. The maximum absolute atomic E-state index is 12.7. The number of aliphatic hydroxyl groups is 1. The Kier molecular flexibility index (Phi) is 8.89. The van der Waals surface area contributed by atoms with Gasteiger partial charge in [-0.15, -0.1) is 0 Å². The Morgan fingerprint density at radius 2 is 1.60 bits per heavy atom. The maximum atomic E-state index is 12.7. The number of hydrogen-bond donors (Lipinski definition) is 3. The van der Waals surface area contributed by atoms with E-state index in [1.165, 1.54) is 19.1 Å². The number of carbonyl (C=O) groups is 3. The lowest BCUT2D eigenvalue weighted by Gasteiger charge is -2.26. The van der Waals surface area contributed by atoms with Gasteiger partial charge >= 0.3 is 18.1 Å². The molecule has 0 aliphatic rings. The Hall–Kier alpha value is -4.00. The Morgan fingerprint density at radius 1 is 1.06 bits per heavy atom. The number of benzene rings is 2. The van der Waals surface area contributed by atoms with Gasteiger partial charge in [-0.25, -0.2) is 4.79 Å². The number of nitrogens with zero attached hydrogens (tertiary/aromatic N) is 1. The molecule has 3 N–H and O–H groups in total. The molecule has 0 aliphatic heterocycles. The number of carboxylic acids is 1. The number of carbonyl (C=O) groups excluding carboxylic acids is 2. The second-order valence-corrected chi connectivity index (χ2v) is 7.31. The summed E-state index contributed by atoms with van der Waals surface area (Å²) in [7, 11) is 0. The molecule has 0 aromatic heterocycles. The molecule has 0 radical (unpaired) electrons. The summed E-state index contributed by atoms with van der Waals surface area (Å²) in [6.07, 6.45) is -7.18. The fourth-order valence-electron chi connectivity index (χ4n) is 3.24. The summed E-state index contributed by atoms with van der Waals surface area (Å²) in [6, 6.07) is 5.87. The molecule has 0 saturated carbocycles. The van der Waals surface area contributed by atoms with Gasteiger partial charge in [0.1, 0.15) is 6.04 Å². The molecule has 0 unspecified atom stereocenters. The SMILES string of the molecule is CCOC(=O)C[C@H](c1ccc([N+](=O)[O-])cc1)[C@H](NC(=O)[C@H](O)c1ccc(C(F)(F)F)cc1)C(=O)O. The van der Waals surface area contributed by atoms with E-state index in [-0.39, 0.29) is 23.4 Å². The van der Waals surface area contributed by atoms with Crippen molar-refractivity contribution in [2.45, 2.75) is 37.6 Å². The van der Waals surface area contributed by atoms with Crippen molar-refractivity contribution in [3.63, 3.8) is 0 Å². The van der Waals surface area contributed by atoms with E-state index in [1.807, 2.05) is 0 Å². The van der Waals surface area contributed by atoms with Crippen LogP contribution in [-0.4, -0.2) is 45.6 Å². The number of nitro groups is 1. The van der Waals surface area contributed by atoms with Crippen LogP contribution >= 0.6 is 0 Å². The number of carboxylic acid groups (broad SMARTS) is 1. The highest BCUT2D eigenvalue weighted by atomic mass is 19.4. The zero-order valence-corrected chi connectivity index (χ0v) is 18.2. The van der Waals surface area contributed by atoms with E-state index in [0.717, 1.165) is 24.3 Å². The number of aliphatic carboxylic acids is 1. The third kappa shape index (κ3) is 7.24. The molecule has 0 bridgehead atoms. The van der Waals surface area contributed by atoms with Crippen molar-refractivity contribution >= 4 is 23.5 Å². The number of nitrogens with one attached hydrogen (secondary N) is 1. The third-order valence-electron chi connectivity index (χ3n) is 4.99. The lowest BCUT2D eigenvalue weighted by molar-refractivity contribution is -0.384. The number of aliphatic hydroxyl groups excluding tert-OH is 1. The zero-order valence-electron chi connectivity index (χ0n) is 18.2. The molecular formula is C22H21F3N2O8. The number of rotatable bonds is 10. The molecule has 2 aromatic rings. The van der Waals surface area contributed by atoms with Crippen molar-refractivity contribution in [2.75, 3.05) is 6.61 Å². The van der Waals surface area contributed by atoms with Crippen LogP contribution < -0.4 is 5.32 Å². The first-order valence-electron chi connectivity index (χ1n) is 10.1. The van der Waals surface area contributed by atoms with Crippen molar-refractivity contribution in [1.29, 1.82) is 0 Å². The maximum Gasteiger partial charge on any atom is 0.416 e. The first kappa shape index (κ1) is 27.2. The largest absolute Gasteiger partial charge is 0.480 e. The van der Waals surface area contributed by atoms with E-state index in [1.54, 1.807) is 0 Å². The average molecular weight is 498 g/mol. The topological polar surface area (TPSA) is 156 Å². The van der Waals surface area contributed by atoms with Crippen molar-refractivity contribution in [3.05, 3.63) is 75.3 Å². The summed E-state index contributed by atoms with van der Waals surface area (Å²) in [5.41, 5.74) is -1.38. The van der Waals surface area contributed by atoms with E-state index >= 15 is 0 Å². The number of halogens is 3. The Bertz CT molecular complexity index is 1070. The minimum absolute atomic E-state index is 0.0114. The molecule has 2 rings (SSSR count). The Balaban J connectivity index is 2.33. The third-order valence-corrected chi connectivity index (χ3v) is 4.99. The van der Waals surface area contributed by atoms with Crippen LogP contribution in [0.4, 0.5) is 18.9 Å². The zero-order chi connectivity index (χ0) is 26.3. The van der Waals surface area contributed by atoms with Crippen LogP contribution in [-0.2, 0) is 25.3 Å². The van der Waals surface area contributed by atoms with Crippen LogP contribution in [0.25, 0.3) is 0 Å². The smallest absolute Gasteiger partial charge is 0.416 e. The van der Waals surface area contributed by atoms with Crippen molar-refractivity contribution in [2.24, 2.45) is 0 Å². The van der Waals surface area contributed by atoms with Crippen LogP contribution in [0.3, 0.4) is 0 Å². The number of alkyl halides is 3. The predicted octanol–water partition coefficient (Wildman–Crippen LogP) is 2.95. The Labute approximate surface area is 196 Å². The highest BCUT2D eigenvalue weighted by molar-refractivity contribution is 5.88. The second-order valence-electron chi connectivity index (χ2n) is 7.31. The molecule has 188 valence electrons. The molecule has 0 aliphatic carbocycles. The molecule has 0 spiro atoms. The van der Waals surface area contributed by atoms with Gasteiger partial charge in [0.25, 0.3) is 11.6 Å². The van der Waals surface area contributed by atoms with Gasteiger partial charge in [0.05, 0.1) is 23.5 Å². The second kappa shape index (κ2) is 11.4. The number of amides is 1. The van der Waals surface area contributed by atoms with E-state index in [0.29, 0.717) is 12.1 Å². The quantitative estimate of drug-likeness (QED) is 0.256. The van der Waals surface area contributed by atoms with E-state index in [2.05, 4.69) is 5.32 Å². The standard InChI is InChI=1S/C22H21F3N2O8/c1-2-35-17(28)11-16(12-5-9-15(10-6-12)27(33)34)18(21(31)32)26-20(30)19(29)13-3-7-14(8-4-13)22(23,24)25/h3-10,16,18-19,29H,2,11H2,1H3,(H,26,30)(H,31,32)/t16-,18+,19-/m1/s1. The highest BCUT2D eigenvalue weighted by Gasteiger charge is 2.35. The normalized spacial score (nSPS) is 13.9. The summed E-state index contributed by atoms with van der Waals surface area (Å²) in [6.45, 7) is 1.51. The van der Waals surface area contributed by atoms with Crippen LogP contribution in [0.1, 0.15) is 42.1 Å². The van der Waals surface area contributed by atoms with Gasteiger partial charge in [0.2, 0.25) is 0 Å². The number of nitro benzene ring substituents is 1. The first-order valence-corrected chi connectivity index (χ1v) is 10.1. The molecule has 13 heteroatoms. The van der Waals surface area contributed by atoms with Crippen LogP contribution in [0.2, 0.25) is 0 Å². The van der Waals surface area contributed by atoms with Gasteiger partial charge in [-0.2, -0.15) is 13.2 Å². The van der Waals surface area contributed by atoms with Crippen LogP contribution in [0.5, 0.6) is 0 Å². The highest BCUT2D eigenvalue weighted by Crippen LogP contribution is 2.31. The lowest BCUT2D eigenvalue weighted by Crippen LogP contribution is -2.47. The summed E-state index contributed by atoms with van der Waals surface area (Å²) < 4.78 is 43.1. The van der Waals surface area contributed by atoms with Gasteiger partial charge in [0.15, 0.2) is 6.10 Å². The number of non-ortho nitro benzene ring substituents is 1. The molecule has 0 heterocycles. The summed E-state index contributed by atoms with van der Waals surface area (Å²) in [4.78, 5) is 46.9. The summed E-state index contributed by atoms with van der Waals surface area (Å²) in [5.74, 6) is -4.89. The van der Waals surface area contributed by atoms with E-state index in [4.69, 9.17) is 4.74 Å². The molecule has 1 amide bonds. The molecule has 35 heavy (non-hydrogen) atoms. The average Bonchev–Trinajstić information content (AvgIpc) is 2.80. The summed E-state index contributed by atoms with van der Waals surface area (Å²) in [5, 5.41) is 33.0. The van der Waals surface area contributed by atoms with E-state index in [9.17, 15) is 47.9 Å². The predicted molar refractivity (Wildman–Crippen MR) is 113 cm³/mol. The van der Waals surface area contributed by atoms with Crippen molar-refractivity contribution < 1.29 is 47.4 Å². The van der Waals surface area contributed by atoms with Gasteiger partial charge in [0, 0.05) is 18.1 Å². The minimum Gasteiger partial charge on any atom is -0.480 e. The monoisotopic (exact) mass is 498 g/mol. The van der Waals surface area contributed by atoms with Gasteiger partial charge in [-0.05, 0) is 30.2 Å². The molecule has 10 nitrogen and oxygen atoms in total. The Morgan fingerprint density at radius 3 is 2.06 bits per heavy atom. The fraction of sp³-hybridized carbons (Fsp3) is 0.318. The lowest BCUT2D eigenvalue weighted by atomic mass is 9.88. The van der Waals surface area contributed by atoms with E-state index < -0.39 is 59.0 Å². The number of esters is 1. The molecule has 0 fully saturated rings.